The van der Waals surface area contributed by atoms with Crippen molar-refractivity contribution in [2.75, 3.05) is 25.0 Å². The Morgan fingerprint density at radius 2 is 2.10 bits per heavy atom. The number of rotatable bonds is 6. The average molecular weight is 417 g/mol. The highest BCUT2D eigenvalue weighted by atomic mass is 35.5. The number of benzene rings is 1. The second-order valence-corrected chi connectivity index (χ2v) is 8.85. The number of likely N-dealkylation sites (tertiary alicyclic amines) is 1. The van der Waals surface area contributed by atoms with E-state index >= 15 is 0 Å². The lowest BCUT2D eigenvalue weighted by Gasteiger charge is -2.38. The maximum absolute atomic E-state index is 13.0. The maximum atomic E-state index is 13.0. The Bertz CT molecular complexity index is 865. The van der Waals surface area contributed by atoms with Crippen molar-refractivity contribution in [2.45, 2.75) is 38.6 Å². The van der Waals surface area contributed by atoms with Crippen LogP contribution >= 0.6 is 11.6 Å². The van der Waals surface area contributed by atoms with E-state index in [2.05, 4.69) is 27.6 Å². The third-order valence-corrected chi connectivity index (χ3v) is 6.14. The summed E-state index contributed by atoms with van der Waals surface area (Å²) in [5.74, 6) is 2.03. The normalized spacial score (nSPS) is 22.0. The zero-order valence-electron chi connectivity index (χ0n) is 17.1. The van der Waals surface area contributed by atoms with E-state index in [1.807, 2.05) is 24.1 Å². The van der Waals surface area contributed by atoms with Crippen molar-refractivity contribution in [3.8, 4) is 11.4 Å². The minimum Gasteiger partial charge on any atom is -0.320 e. The number of nitrogens with zero attached hydrogens (tertiary/aromatic N) is 4. The molecule has 2 amide bonds. The molecule has 2 fully saturated rings. The molecule has 1 saturated carbocycles. The molecule has 1 aliphatic carbocycles. The number of halogens is 1. The Labute approximate surface area is 176 Å². The zero-order valence-corrected chi connectivity index (χ0v) is 17.8. The van der Waals surface area contributed by atoms with Gasteiger partial charge in [-0.25, -0.2) is 9.78 Å². The molecule has 7 nitrogen and oxygen atoms in total. The van der Waals surface area contributed by atoms with Crippen LogP contribution < -0.4 is 10.6 Å². The molecule has 2 atom stereocenters. The number of carbonyl (C=O) groups is 1. The van der Waals surface area contributed by atoms with Gasteiger partial charge in [-0.1, -0.05) is 18.5 Å². The first kappa shape index (κ1) is 20.2. The van der Waals surface area contributed by atoms with E-state index in [-0.39, 0.29) is 12.1 Å². The number of piperidine rings is 1. The number of aromatic nitrogens is 3. The summed E-state index contributed by atoms with van der Waals surface area (Å²) in [6, 6.07) is 5.59. The minimum atomic E-state index is -0.0580. The summed E-state index contributed by atoms with van der Waals surface area (Å²) in [7, 11) is 1.81. The Morgan fingerprint density at radius 1 is 1.28 bits per heavy atom. The van der Waals surface area contributed by atoms with Crippen molar-refractivity contribution < 1.29 is 4.79 Å². The Balaban J connectivity index is 1.44. The molecule has 1 aromatic carbocycles. The van der Waals surface area contributed by atoms with E-state index in [4.69, 9.17) is 11.6 Å². The van der Waals surface area contributed by atoms with Gasteiger partial charge < -0.3 is 15.5 Å². The van der Waals surface area contributed by atoms with Gasteiger partial charge in [0.05, 0.1) is 5.02 Å². The molecule has 2 N–H and O–H groups in total. The molecular weight excluding hydrogens is 388 g/mol. The second kappa shape index (κ2) is 8.71. The molecule has 156 valence electrons. The van der Waals surface area contributed by atoms with Crippen molar-refractivity contribution in [1.82, 2.24) is 25.0 Å². The average Bonchev–Trinajstić information content (AvgIpc) is 3.42. The lowest BCUT2D eigenvalue weighted by Crippen LogP contribution is -2.51. The summed E-state index contributed by atoms with van der Waals surface area (Å²) in [5, 5.41) is 11.5. The van der Waals surface area contributed by atoms with Crippen LogP contribution in [0.25, 0.3) is 11.4 Å². The fourth-order valence-electron chi connectivity index (χ4n) is 3.92. The molecular formula is C21H29ClN6O. The standard InChI is InChI=1S/C21H29ClN6O/c1-14-7-8-28(17(9-14)12-23-11-15-3-4-15)21(29)25-16-5-6-19(22)18(10-16)20-24-13-27(2)26-20/h5-6,10,13-15,17,23H,3-4,7-9,11-12H2,1-2H3,(H,25,29)/t14-,17?/m0/s1. The van der Waals surface area contributed by atoms with Crippen LogP contribution in [0.4, 0.5) is 10.5 Å². The van der Waals surface area contributed by atoms with Gasteiger partial charge in [0.15, 0.2) is 5.82 Å². The number of anilines is 1. The van der Waals surface area contributed by atoms with Crippen molar-refractivity contribution in [2.24, 2.45) is 18.9 Å². The van der Waals surface area contributed by atoms with Crippen LogP contribution in [0, 0.1) is 11.8 Å². The Morgan fingerprint density at radius 3 is 2.83 bits per heavy atom. The van der Waals surface area contributed by atoms with E-state index < -0.39 is 0 Å². The summed E-state index contributed by atoms with van der Waals surface area (Å²) in [4.78, 5) is 19.3. The first-order valence-electron chi connectivity index (χ1n) is 10.4. The van der Waals surface area contributed by atoms with Crippen molar-refractivity contribution in [3.05, 3.63) is 29.5 Å². The summed E-state index contributed by atoms with van der Waals surface area (Å²) in [6.45, 7) is 4.98. The van der Waals surface area contributed by atoms with Crippen LogP contribution in [0.5, 0.6) is 0 Å². The number of nitrogens with one attached hydrogen (secondary N) is 2. The molecule has 0 radical (unpaired) electrons. The number of urea groups is 1. The first-order chi connectivity index (χ1) is 14.0. The highest BCUT2D eigenvalue weighted by Gasteiger charge is 2.30. The Hall–Kier alpha value is -2.12. The smallest absolute Gasteiger partial charge is 0.320 e. The number of hydrogen-bond donors (Lipinski definition) is 2. The number of amides is 2. The highest BCUT2D eigenvalue weighted by Crippen LogP contribution is 2.30. The minimum absolute atomic E-state index is 0.0580. The number of carbonyl (C=O) groups excluding carboxylic acids is 1. The highest BCUT2D eigenvalue weighted by molar-refractivity contribution is 6.33. The van der Waals surface area contributed by atoms with Crippen molar-refractivity contribution in [1.29, 1.82) is 0 Å². The fraction of sp³-hybridized carbons (Fsp3) is 0.571. The lowest BCUT2D eigenvalue weighted by atomic mass is 9.92. The van der Waals surface area contributed by atoms with Gasteiger partial charge >= 0.3 is 6.03 Å². The molecule has 0 bridgehead atoms. The lowest BCUT2D eigenvalue weighted by molar-refractivity contribution is 0.140. The summed E-state index contributed by atoms with van der Waals surface area (Å²) in [5.41, 5.74) is 1.41. The van der Waals surface area contributed by atoms with Gasteiger partial charge in [0, 0.05) is 37.4 Å². The number of hydrogen-bond acceptors (Lipinski definition) is 4. The largest absolute Gasteiger partial charge is 0.322 e. The van der Waals surface area contributed by atoms with Gasteiger partial charge in [-0.05, 0) is 62.3 Å². The monoisotopic (exact) mass is 416 g/mol. The third kappa shape index (κ3) is 5.08. The third-order valence-electron chi connectivity index (χ3n) is 5.81. The molecule has 2 aliphatic rings. The summed E-state index contributed by atoms with van der Waals surface area (Å²) >= 11 is 6.33. The van der Waals surface area contributed by atoms with Gasteiger partial charge in [-0.3, -0.25) is 4.68 Å². The van der Waals surface area contributed by atoms with Gasteiger partial charge in [-0.2, -0.15) is 5.10 Å². The molecule has 1 aromatic heterocycles. The predicted molar refractivity (Wildman–Crippen MR) is 115 cm³/mol. The van der Waals surface area contributed by atoms with Crippen LogP contribution in [0.1, 0.15) is 32.6 Å². The van der Waals surface area contributed by atoms with Crippen molar-refractivity contribution in [3.63, 3.8) is 0 Å². The SMILES string of the molecule is C[C@H]1CCN(C(=O)Nc2ccc(Cl)c(-c3ncn(C)n3)c2)C(CNCC2CC2)C1. The molecule has 8 heteroatoms. The predicted octanol–water partition coefficient (Wildman–Crippen LogP) is 3.77. The van der Waals surface area contributed by atoms with E-state index in [0.29, 0.717) is 28.0 Å². The molecule has 4 rings (SSSR count). The second-order valence-electron chi connectivity index (χ2n) is 8.45. The summed E-state index contributed by atoms with van der Waals surface area (Å²) in [6.07, 6.45) is 6.38. The first-order valence-corrected chi connectivity index (χ1v) is 10.8. The van der Waals surface area contributed by atoms with E-state index in [0.717, 1.165) is 38.4 Å². The van der Waals surface area contributed by atoms with Crippen LogP contribution in [0.3, 0.4) is 0 Å². The van der Waals surface area contributed by atoms with Gasteiger partial charge in [0.25, 0.3) is 0 Å². The topological polar surface area (TPSA) is 75.1 Å². The van der Waals surface area contributed by atoms with Gasteiger partial charge in [-0.15, -0.1) is 0 Å². The molecule has 1 unspecified atom stereocenters. The Kier molecular flexibility index (Phi) is 6.06. The van der Waals surface area contributed by atoms with Crippen LogP contribution in [-0.2, 0) is 7.05 Å². The molecule has 2 heterocycles. The quantitative estimate of drug-likeness (QED) is 0.751. The van der Waals surface area contributed by atoms with Crippen LogP contribution in [0.15, 0.2) is 24.5 Å². The van der Waals surface area contributed by atoms with Gasteiger partial charge in [0.2, 0.25) is 0 Å². The van der Waals surface area contributed by atoms with E-state index in [1.54, 1.807) is 17.1 Å². The van der Waals surface area contributed by atoms with Crippen molar-refractivity contribution >= 4 is 23.3 Å². The molecule has 1 aliphatic heterocycles. The van der Waals surface area contributed by atoms with Gasteiger partial charge in [0.1, 0.15) is 6.33 Å². The molecule has 29 heavy (non-hydrogen) atoms. The summed E-state index contributed by atoms with van der Waals surface area (Å²) < 4.78 is 1.63. The van der Waals surface area contributed by atoms with Crippen LogP contribution in [-0.4, -0.2) is 51.4 Å². The zero-order chi connectivity index (χ0) is 20.4. The fourth-order valence-corrected chi connectivity index (χ4v) is 4.12. The number of aryl methyl sites for hydroxylation is 1. The van der Waals surface area contributed by atoms with Crippen LogP contribution in [0.2, 0.25) is 5.02 Å². The maximum Gasteiger partial charge on any atom is 0.322 e. The van der Waals surface area contributed by atoms with E-state index in [9.17, 15) is 4.79 Å². The van der Waals surface area contributed by atoms with E-state index in [1.165, 1.54) is 12.8 Å². The molecule has 2 aromatic rings. The molecule has 1 saturated heterocycles. The molecule has 0 spiro atoms.